The maximum atomic E-state index is 9.36. The van der Waals surface area contributed by atoms with Crippen LogP contribution in [0.5, 0.6) is 0 Å². The zero-order valence-corrected chi connectivity index (χ0v) is 11.0. The van der Waals surface area contributed by atoms with Crippen LogP contribution in [0.25, 0.3) is 0 Å². The van der Waals surface area contributed by atoms with E-state index in [0.29, 0.717) is 5.92 Å². The molecule has 2 unspecified atom stereocenters. The van der Waals surface area contributed by atoms with Gasteiger partial charge >= 0.3 is 0 Å². The molecule has 1 heterocycles. The lowest BCUT2D eigenvalue weighted by molar-refractivity contribution is 0.158. The molecule has 0 saturated heterocycles. The average molecular weight is 256 g/mol. The van der Waals surface area contributed by atoms with Crippen LogP contribution in [-0.4, -0.2) is 37.8 Å². The number of aryl methyl sites for hydroxylation is 1. The van der Waals surface area contributed by atoms with Crippen LogP contribution >= 0.6 is 11.8 Å². The van der Waals surface area contributed by atoms with Crippen molar-refractivity contribution in [1.82, 2.24) is 14.8 Å². The van der Waals surface area contributed by atoms with E-state index in [1.54, 1.807) is 22.8 Å². The van der Waals surface area contributed by atoms with E-state index in [9.17, 15) is 5.11 Å². The van der Waals surface area contributed by atoms with E-state index < -0.39 is 0 Å². The number of nitrogens with two attached hydrogens (primary N) is 1. The Morgan fingerprint density at radius 3 is 3.18 bits per heavy atom. The SMILES string of the molecule is Cn1ncnc1SCCC1CCCC1(N)CO. The van der Waals surface area contributed by atoms with E-state index in [1.807, 2.05) is 7.05 Å². The highest BCUT2D eigenvalue weighted by atomic mass is 32.2. The first-order valence-corrected chi connectivity index (χ1v) is 7.01. The van der Waals surface area contributed by atoms with Gasteiger partial charge in [-0.1, -0.05) is 18.2 Å². The summed E-state index contributed by atoms with van der Waals surface area (Å²) in [4.78, 5) is 4.17. The van der Waals surface area contributed by atoms with E-state index in [4.69, 9.17) is 5.73 Å². The van der Waals surface area contributed by atoms with Crippen molar-refractivity contribution in [1.29, 1.82) is 0 Å². The first kappa shape index (κ1) is 12.9. The minimum absolute atomic E-state index is 0.103. The topological polar surface area (TPSA) is 77.0 Å². The van der Waals surface area contributed by atoms with Crippen LogP contribution in [-0.2, 0) is 7.05 Å². The number of aliphatic hydroxyl groups is 1. The highest BCUT2D eigenvalue weighted by Gasteiger charge is 2.38. The van der Waals surface area contributed by atoms with Gasteiger partial charge in [-0.15, -0.1) is 0 Å². The number of aromatic nitrogens is 3. The molecular formula is C11H20N4OS. The molecule has 2 rings (SSSR count). The Hall–Kier alpha value is -0.590. The lowest BCUT2D eigenvalue weighted by Gasteiger charge is -2.29. The first-order valence-electron chi connectivity index (χ1n) is 6.02. The van der Waals surface area contributed by atoms with Crippen LogP contribution in [0.2, 0.25) is 0 Å². The Labute approximate surface area is 106 Å². The van der Waals surface area contributed by atoms with Gasteiger partial charge in [-0.05, 0) is 25.2 Å². The van der Waals surface area contributed by atoms with E-state index >= 15 is 0 Å². The second kappa shape index (κ2) is 5.37. The van der Waals surface area contributed by atoms with Crippen molar-refractivity contribution in [2.75, 3.05) is 12.4 Å². The van der Waals surface area contributed by atoms with Gasteiger partial charge in [0.2, 0.25) is 0 Å². The molecule has 6 heteroatoms. The van der Waals surface area contributed by atoms with Crippen LogP contribution in [0, 0.1) is 5.92 Å². The van der Waals surface area contributed by atoms with Crippen molar-refractivity contribution < 1.29 is 5.11 Å². The monoisotopic (exact) mass is 256 g/mol. The quantitative estimate of drug-likeness (QED) is 0.762. The van der Waals surface area contributed by atoms with Crippen molar-refractivity contribution in [3.8, 4) is 0 Å². The Morgan fingerprint density at radius 2 is 2.53 bits per heavy atom. The minimum atomic E-state index is -0.347. The lowest BCUT2D eigenvalue weighted by atomic mass is 9.87. The molecule has 3 N–H and O–H groups in total. The van der Waals surface area contributed by atoms with Gasteiger partial charge in [-0.2, -0.15) is 5.10 Å². The lowest BCUT2D eigenvalue weighted by Crippen LogP contribution is -2.47. The maximum absolute atomic E-state index is 9.36. The average Bonchev–Trinajstić information content (AvgIpc) is 2.88. The summed E-state index contributed by atoms with van der Waals surface area (Å²) >= 11 is 1.70. The smallest absolute Gasteiger partial charge is 0.185 e. The van der Waals surface area contributed by atoms with Crippen LogP contribution in [0.3, 0.4) is 0 Å². The Bertz CT molecular complexity index is 370. The van der Waals surface area contributed by atoms with Crippen molar-refractivity contribution in [3.63, 3.8) is 0 Å². The molecular weight excluding hydrogens is 236 g/mol. The molecule has 2 atom stereocenters. The standard InChI is InChI=1S/C11H20N4OS/c1-15-10(13-8-14-15)17-6-4-9-3-2-5-11(9,12)7-16/h8-9,16H,2-7,12H2,1H3. The molecule has 0 radical (unpaired) electrons. The van der Waals surface area contributed by atoms with Gasteiger partial charge in [0.25, 0.3) is 0 Å². The molecule has 0 spiro atoms. The molecule has 5 nitrogen and oxygen atoms in total. The third-order valence-corrected chi connectivity index (χ3v) is 4.74. The predicted molar refractivity (Wildman–Crippen MR) is 67.7 cm³/mol. The zero-order chi connectivity index (χ0) is 12.3. The fraction of sp³-hybridized carbons (Fsp3) is 0.818. The molecule has 0 aliphatic heterocycles. The first-order chi connectivity index (χ1) is 8.15. The fourth-order valence-corrected chi connectivity index (χ4v) is 3.46. The van der Waals surface area contributed by atoms with Gasteiger partial charge in [0.15, 0.2) is 5.16 Å². The van der Waals surface area contributed by atoms with E-state index in [-0.39, 0.29) is 12.1 Å². The summed E-state index contributed by atoms with van der Waals surface area (Å²) in [5.74, 6) is 1.42. The number of thioether (sulfide) groups is 1. The van der Waals surface area contributed by atoms with Gasteiger partial charge in [-0.3, -0.25) is 0 Å². The highest BCUT2D eigenvalue weighted by Crippen LogP contribution is 2.36. The minimum Gasteiger partial charge on any atom is -0.394 e. The summed E-state index contributed by atoms with van der Waals surface area (Å²) in [6, 6.07) is 0. The van der Waals surface area contributed by atoms with Gasteiger partial charge in [0, 0.05) is 18.3 Å². The largest absolute Gasteiger partial charge is 0.394 e. The molecule has 0 amide bonds. The third kappa shape index (κ3) is 2.81. The van der Waals surface area contributed by atoms with E-state index in [1.165, 1.54) is 0 Å². The van der Waals surface area contributed by atoms with Crippen LogP contribution in [0.1, 0.15) is 25.7 Å². The fourth-order valence-electron chi connectivity index (χ4n) is 2.52. The maximum Gasteiger partial charge on any atom is 0.185 e. The molecule has 1 aliphatic rings. The zero-order valence-electron chi connectivity index (χ0n) is 10.2. The molecule has 96 valence electrons. The number of rotatable bonds is 5. The van der Waals surface area contributed by atoms with Crippen molar-refractivity contribution in [2.24, 2.45) is 18.7 Å². The number of hydrogen-bond acceptors (Lipinski definition) is 5. The van der Waals surface area contributed by atoms with Crippen molar-refractivity contribution in [3.05, 3.63) is 6.33 Å². The Balaban J connectivity index is 1.81. The van der Waals surface area contributed by atoms with Gasteiger partial charge in [-0.25, -0.2) is 9.67 Å². The summed E-state index contributed by atoms with van der Waals surface area (Å²) in [7, 11) is 1.89. The number of nitrogens with zero attached hydrogens (tertiary/aromatic N) is 3. The van der Waals surface area contributed by atoms with Crippen LogP contribution in [0.15, 0.2) is 11.5 Å². The molecule has 1 saturated carbocycles. The Morgan fingerprint density at radius 1 is 1.71 bits per heavy atom. The summed E-state index contributed by atoms with van der Waals surface area (Å²) < 4.78 is 1.78. The second-order valence-corrected chi connectivity index (χ2v) is 5.85. The molecule has 1 fully saturated rings. The predicted octanol–water partition coefficient (Wildman–Crippen LogP) is 0.787. The summed E-state index contributed by atoms with van der Waals surface area (Å²) in [6.07, 6.45) is 5.82. The van der Waals surface area contributed by atoms with Crippen LogP contribution < -0.4 is 5.73 Å². The Kier molecular flexibility index (Phi) is 4.06. The third-order valence-electron chi connectivity index (χ3n) is 3.67. The molecule has 0 aromatic carbocycles. The summed E-state index contributed by atoms with van der Waals surface area (Å²) in [5, 5.41) is 14.3. The molecule has 17 heavy (non-hydrogen) atoms. The normalized spacial score (nSPS) is 28.8. The molecule has 1 aromatic heterocycles. The molecule has 1 aromatic rings. The van der Waals surface area contributed by atoms with E-state index in [2.05, 4.69) is 10.1 Å². The molecule has 1 aliphatic carbocycles. The van der Waals surface area contributed by atoms with E-state index in [0.717, 1.165) is 36.6 Å². The summed E-state index contributed by atoms with van der Waals surface area (Å²) in [5.41, 5.74) is 5.85. The van der Waals surface area contributed by atoms with Crippen LogP contribution in [0.4, 0.5) is 0 Å². The second-order valence-electron chi connectivity index (χ2n) is 4.78. The molecule has 0 bridgehead atoms. The highest BCUT2D eigenvalue weighted by molar-refractivity contribution is 7.99. The van der Waals surface area contributed by atoms with Gasteiger partial charge in [0.05, 0.1) is 6.61 Å². The van der Waals surface area contributed by atoms with Gasteiger partial charge in [0.1, 0.15) is 6.33 Å². The van der Waals surface area contributed by atoms with Gasteiger partial charge < -0.3 is 10.8 Å². The number of hydrogen-bond donors (Lipinski definition) is 2. The summed E-state index contributed by atoms with van der Waals surface area (Å²) in [6.45, 7) is 0.103. The van der Waals surface area contributed by atoms with Crippen molar-refractivity contribution in [2.45, 2.75) is 36.4 Å². The number of aliphatic hydroxyl groups excluding tert-OH is 1. The van der Waals surface area contributed by atoms with Crippen molar-refractivity contribution >= 4 is 11.8 Å².